The van der Waals surface area contributed by atoms with E-state index in [1.165, 1.54) is 5.01 Å². The lowest BCUT2D eigenvalue weighted by atomic mass is 10.2. The number of hydrogen-bond donors (Lipinski definition) is 2. The zero-order valence-corrected chi connectivity index (χ0v) is 19.2. The van der Waals surface area contributed by atoms with Crippen LogP contribution in [0.1, 0.15) is 29.1 Å². The average Bonchev–Trinajstić information content (AvgIpc) is 3.08. The van der Waals surface area contributed by atoms with Crippen LogP contribution in [0.2, 0.25) is 0 Å². The van der Waals surface area contributed by atoms with Crippen molar-refractivity contribution in [1.29, 1.82) is 0 Å². The second-order valence-electron chi connectivity index (χ2n) is 5.90. The standard InChI is InChI=1S/C20H28N4OS.HI/c1-4-13-25-18-10-6-5-9-17(18)14-23-20(21-3)22-12-8-7-11-19-24-16(2)15-26-19;/h4-6,9-10,15H,1,7-8,11-14H2,2-3H3,(H2,21,22,23);1H. The molecule has 0 radical (unpaired) electrons. The Morgan fingerprint density at radius 1 is 1.30 bits per heavy atom. The van der Waals surface area contributed by atoms with Crippen molar-refractivity contribution in [3.8, 4) is 5.75 Å². The van der Waals surface area contributed by atoms with E-state index in [0.717, 1.165) is 48.8 Å². The van der Waals surface area contributed by atoms with Crippen molar-refractivity contribution in [3.05, 3.63) is 58.6 Å². The average molecular weight is 500 g/mol. The highest BCUT2D eigenvalue weighted by Gasteiger charge is 2.04. The number of nitrogens with one attached hydrogen (secondary N) is 2. The summed E-state index contributed by atoms with van der Waals surface area (Å²) in [5, 5.41) is 10.0. The van der Waals surface area contributed by atoms with Crippen molar-refractivity contribution in [3.63, 3.8) is 0 Å². The summed E-state index contributed by atoms with van der Waals surface area (Å²) in [5.41, 5.74) is 2.21. The monoisotopic (exact) mass is 500 g/mol. The molecule has 2 rings (SSSR count). The van der Waals surface area contributed by atoms with Gasteiger partial charge < -0.3 is 15.4 Å². The van der Waals surface area contributed by atoms with Gasteiger partial charge in [0.05, 0.1) is 5.01 Å². The molecule has 2 N–H and O–H groups in total. The number of para-hydroxylation sites is 1. The first-order valence-electron chi connectivity index (χ1n) is 8.90. The normalized spacial score (nSPS) is 10.8. The van der Waals surface area contributed by atoms with Crippen LogP contribution in [0.5, 0.6) is 5.75 Å². The summed E-state index contributed by atoms with van der Waals surface area (Å²) >= 11 is 1.75. The van der Waals surface area contributed by atoms with Crippen LogP contribution in [-0.4, -0.2) is 31.1 Å². The van der Waals surface area contributed by atoms with Crippen molar-refractivity contribution < 1.29 is 4.74 Å². The number of rotatable bonds is 10. The van der Waals surface area contributed by atoms with Gasteiger partial charge in [0.1, 0.15) is 12.4 Å². The van der Waals surface area contributed by atoms with Gasteiger partial charge in [-0.05, 0) is 32.3 Å². The third-order valence-corrected chi connectivity index (χ3v) is 4.80. The molecule has 0 saturated carbocycles. The Labute approximate surface area is 183 Å². The molecule has 0 spiro atoms. The fourth-order valence-electron chi connectivity index (χ4n) is 2.46. The summed E-state index contributed by atoms with van der Waals surface area (Å²) in [7, 11) is 1.79. The van der Waals surface area contributed by atoms with Gasteiger partial charge in [-0.25, -0.2) is 4.98 Å². The zero-order chi connectivity index (χ0) is 18.6. The first kappa shape index (κ1) is 23.4. The maximum absolute atomic E-state index is 5.69. The van der Waals surface area contributed by atoms with E-state index in [1.807, 2.05) is 25.1 Å². The number of guanidine groups is 1. The van der Waals surface area contributed by atoms with E-state index in [4.69, 9.17) is 4.74 Å². The maximum atomic E-state index is 5.69. The van der Waals surface area contributed by atoms with Gasteiger partial charge in [0, 0.05) is 36.8 Å². The number of nitrogens with zero attached hydrogens (tertiary/aromatic N) is 2. The van der Waals surface area contributed by atoms with Gasteiger partial charge in [-0.1, -0.05) is 30.9 Å². The Hall–Kier alpha value is -1.61. The van der Waals surface area contributed by atoms with Crippen LogP contribution in [0.25, 0.3) is 0 Å². The largest absolute Gasteiger partial charge is 0.489 e. The fourth-order valence-corrected chi connectivity index (χ4v) is 3.28. The number of hydrogen-bond acceptors (Lipinski definition) is 4. The Bertz CT molecular complexity index is 718. The number of aliphatic imine (C=N–C) groups is 1. The van der Waals surface area contributed by atoms with E-state index < -0.39 is 0 Å². The molecule has 7 heteroatoms. The summed E-state index contributed by atoms with van der Waals surface area (Å²) in [4.78, 5) is 8.78. The van der Waals surface area contributed by atoms with Gasteiger partial charge in [-0.2, -0.15) is 0 Å². The van der Waals surface area contributed by atoms with Crippen molar-refractivity contribution in [2.45, 2.75) is 32.7 Å². The van der Waals surface area contributed by atoms with E-state index in [9.17, 15) is 0 Å². The highest BCUT2D eigenvalue weighted by Crippen LogP contribution is 2.17. The van der Waals surface area contributed by atoms with Crippen LogP contribution in [0, 0.1) is 6.92 Å². The molecule has 2 aromatic rings. The number of thiazole rings is 1. The van der Waals surface area contributed by atoms with Crippen LogP contribution >= 0.6 is 35.3 Å². The molecule has 148 valence electrons. The number of aromatic nitrogens is 1. The first-order valence-corrected chi connectivity index (χ1v) is 9.78. The minimum absolute atomic E-state index is 0. The third-order valence-electron chi connectivity index (χ3n) is 3.78. The molecule has 27 heavy (non-hydrogen) atoms. The molecule has 0 saturated heterocycles. The molecule has 0 atom stereocenters. The molecule has 1 heterocycles. The molecule has 0 amide bonds. The first-order chi connectivity index (χ1) is 12.7. The van der Waals surface area contributed by atoms with Gasteiger partial charge in [-0.15, -0.1) is 35.3 Å². The topological polar surface area (TPSA) is 58.5 Å². The predicted molar refractivity (Wildman–Crippen MR) is 126 cm³/mol. The van der Waals surface area contributed by atoms with Crippen LogP contribution in [0.4, 0.5) is 0 Å². The molecular weight excluding hydrogens is 471 g/mol. The molecular formula is C20H29IN4OS. The highest BCUT2D eigenvalue weighted by atomic mass is 127. The van der Waals surface area contributed by atoms with Gasteiger partial charge >= 0.3 is 0 Å². The Kier molecular flexibility index (Phi) is 11.8. The summed E-state index contributed by atoms with van der Waals surface area (Å²) in [6, 6.07) is 8.00. The minimum Gasteiger partial charge on any atom is -0.489 e. The second kappa shape index (κ2) is 13.5. The molecule has 0 aliphatic heterocycles. The van der Waals surface area contributed by atoms with E-state index in [1.54, 1.807) is 24.5 Å². The summed E-state index contributed by atoms with van der Waals surface area (Å²) in [6.07, 6.45) is 4.99. The molecule has 0 aliphatic rings. The van der Waals surface area contributed by atoms with E-state index >= 15 is 0 Å². The van der Waals surface area contributed by atoms with Crippen molar-refractivity contribution in [1.82, 2.24) is 15.6 Å². The lowest BCUT2D eigenvalue weighted by Gasteiger charge is -2.14. The Morgan fingerprint density at radius 2 is 2.11 bits per heavy atom. The molecule has 0 bridgehead atoms. The molecule has 5 nitrogen and oxygen atoms in total. The number of halogens is 1. The number of aryl methyl sites for hydroxylation is 2. The van der Waals surface area contributed by atoms with Crippen LogP contribution in [-0.2, 0) is 13.0 Å². The van der Waals surface area contributed by atoms with Crippen LogP contribution < -0.4 is 15.4 Å². The third kappa shape index (κ3) is 8.75. The molecule has 0 fully saturated rings. The van der Waals surface area contributed by atoms with Crippen molar-refractivity contribution >= 4 is 41.3 Å². The number of unbranched alkanes of at least 4 members (excludes halogenated alkanes) is 1. The van der Waals surface area contributed by atoms with Gasteiger partial charge in [0.25, 0.3) is 0 Å². The van der Waals surface area contributed by atoms with Crippen molar-refractivity contribution in [2.24, 2.45) is 4.99 Å². The second-order valence-corrected chi connectivity index (χ2v) is 6.84. The molecule has 0 unspecified atom stereocenters. The van der Waals surface area contributed by atoms with E-state index in [2.05, 4.69) is 38.6 Å². The predicted octanol–water partition coefficient (Wildman–Crippen LogP) is 4.32. The van der Waals surface area contributed by atoms with Crippen LogP contribution in [0.15, 0.2) is 47.3 Å². The SMILES string of the molecule is C=CCOc1ccccc1CNC(=NC)NCCCCc1nc(C)cs1.I. The fraction of sp³-hybridized carbons (Fsp3) is 0.400. The zero-order valence-electron chi connectivity index (χ0n) is 16.0. The summed E-state index contributed by atoms with van der Waals surface area (Å²) in [5.74, 6) is 1.67. The number of ether oxygens (including phenoxy) is 1. The lowest BCUT2D eigenvalue weighted by Crippen LogP contribution is -2.37. The molecule has 1 aromatic heterocycles. The van der Waals surface area contributed by atoms with Gasteiger partial charge in [-0.3, -0.25) is 4.99 Å². The summed E-state index contributed by atoms with van der Waals surface area (Å²) < 4.78 is 5.69. The Morgan fingerprint density at radius 3 is 2.81 bits per heavy atom. The maximum Gasteiger partial charge on any atom is 0.191 e. The smallest absolute Gasteiger partial charge is 0.191 e. The quantitative estimate of drug-likeness (QED) is 0.168. The Balaban J connectivity index is 0.00000364. The number of benzene rings is 1. The molecule has 0 aliphatic carbocycles. The highest BCUT2D eigenvalue weighted by molar-refractivity contribution is 14.0. The minimum atomic E-state index is 0. The van der Waals surface area contributed by atoms with Gasteiger partial charge in [0.2, 0.25) is 0 Å². The summed E-state index contributed by atoms with van der Waals surface area (Å²) in [6.45, 7) is 7.78. The van der Waals surface area contributed by atoms with E-state index in [0.29, 0.717) is 13.2 Å². The van der Waals surface area contributed by atoms with Crippen molar-refractivity contribution in [2.75, 3.05) is 20.2 Å². The molecule has 1 aromatic carbocycles. The van der Waals surface area contributed by atoms with E-state index in [-0.39, 0.29) is 24.0 Å². The van der Waals surface area contributed by atoms with Crippen LogP contribution in [0.3, 0.4) is 0 Å². The van der Waals surface area contributed by atoms with Gasteiger partial charge in [0.15, 0.2) is 5.96 Å². The lowest BCUT2D eigenvalue weighted by molar-refractivity contribution is 0.358.